The second-order valence-electron chi connectivity index (χ2n) is 6.12. The van der Waals surface area contributed by atoms with Gasteiger partial charge in [-0.3, -0.25) is 4.79 Å². The first-order valence-electron chi connectivity index (χ1n) is 8.17. The molecule has 136 valence electrons. The van der Waals surface area contributed by atoms with Crippen molar-refractivity contribution in [3.05, 3.63) is 65.4 Å². The van der Waals surface area contributed by atoms with E-state index in [0.717, 1.165) is 0 Å². The number of nitrogens with two attached hydrogens (primary N) is 1. The van der Waals surface area contributed by atoms with Gasteiger partial charge in [0.25, 0.3) is 5.91 Å². The highest BCUT2D eigenvalue weighted by atomic mass is 19.1. The van der Waals surface area contributed by atoms with Crippen molar-refractivity contribution in [1.29, 1.82) is 0 Å². The molecule has 0 bridgehead atoms. The standard InChI is InChI=1S/C18H16FN7O/c1-10-4-3-5-13(19)16(10)26-15(8-11(2)24-26)23-18(27)12-9-21-25-7-6-14(20)22-17(12)25/h3-9H,1-2H3,(H2,20,22)(H,23,27). The number of nitrogens with one attached hydrogen (secondary N) is 1. The summed E-state index contributed by atoms with van der Waals surface area (Å²) in [4.78, 5) is 16.9. The first-order valence-corrected chi connectivity index (χ1v) is 8.17. The number of anilines is 2. The number of rotatable bonds is 3. The van der Waals surface area contributed by atoms with Crippen LogP contribution in [0.4, 0.5) is 16.0 Å². The molecule has 4 rings (SSSR count). The predicted molar refractivity (Wildman–Crippen MR) is 98.3 cm³/mol. The van der Waals surface area contributed by atoms with Gasteiger partial charge in [0, 0.05) is 12.3 Å². The number of aromatic nitrogens is 5. The summed E-state index contributed by atoms with van der Waals surface area (Å²) < 4.78 is 17.2. The van der Waals surface area contributed by atoms with Gasteiger partial charge in [-0.05, 0) is 31.5 Å². The average molecular weight is 365 g/mol. The third-order valence-electron chi connectivity index (χ3n) is 4.11. The normalized spacial score (nSPS) is 11.1. The minimum absolute atomic E-state index is 0.248. The van der Waals surface area contributed by atoms with Crippen LogP contribution in [0, 0.1) is 19.7 Å². The van der Waals surface area contributed by atoms with Crippen molar-refractivity contribution in [1.82, 2.24) is 24.4 Å². The van der Waals surface area contributed by atoms with E-state index in [0.29, 0.717) is 22.7 Å². The Morgan fingerprint density at radius 2 is 2.07 bits per heavy atom. The van der Waals surface area contributed by atoms with Crippen LogP contribution in [0.2, 0.25) is 0 Å². The molecule has 8 nitrogen and oxygen atoms in total. The molecule has 0 aliphatic carbocycles. The fraction of sp³-hybridized carbons (Fsp3) is 0.111. The molecule has 1 amide bonds. The number of aryl methyl sites for hydroxylation is 2. The molecule has 9 heteroatoms. The molecule has 4 aromatic rings. The van der Waals surface area contributed by atoms with E-state index in [1.54, 1.807) is 44.3 Å². The van der Waals surface area contributed by atoms with Crippen LogP contribution in [0.5, 0.6) is 0 Å². The molecule has 3 aromatic heterocycles. The summed E-state index contributed by atoms with van der Waals surface area (Å²) >= 11 is 0. The maximum Gasteiger partial charge on any atom is 0.262 e. The average Bonchev–Trinajstić information content (AvgIpc) is 3.18. The number of halogens is 1. The molecule has 0 unspecified atom stereocenters. The van der Waals surface area contributed by atoms with E-state index in [2.05, 4.69) is 20.5 Å². The number of hydrogen-bond donors (Lipinski definition) is 2. The fourth-order valence-corrected chi connectivity index (χ4v) is 2.88. The molecule has 0 saturated heterocycles. The Bertz CT molecular complexity index is 1160. The lowest BCUT2D eigenvalue weighted by molar-refractivity contribution is 0.102. The van der Waals surface area contributed by atoms with Gasteiger partial charge in [0.15, 0.2) is 5.65 Å². The summed E-state index contributed by atoms with van der Waals surface area (Å²) in [5, 5.41) is 11.2. The van der Waals surface area contributed by atoms with Crippen LogP contribution in [-0.4, -0.2) is 30.3 Å². The molecule has 27 heavy (non-hydrogen) atoms. The van der Waals surface area contributed by atoms with E-state index in [-0.39, 0.29) is 17.1 Å². The van der Waals surface area contributed by atoms with E-state index in [9.17, 15) is 9.18 Å². The van der Waals surface area contributed by atoms with E-state index in [1.165, 1.54) is 21.5 Å². The Morgan fingerprint density at radius 1 is 1.26 bits per heavy atom. The third-order valence-corrected chi connectivity index (χ3v) is 4.11. The number of carbonyl (C=O) groups is 1. The molecule has 3 heterocycles. The van der Waals surface area contributed by atoms with Crippen LogP contribution in [0.15, 0.2) is 42.7 Å². The highest BCUT2D eigenvalue weighted by Gasteiger charge is 2.19. The van der Waals surface area contributed by atoms with Gasteiger partial charge in [0.1, 0.15) is 28.7 Å². The summed E-state index contributed by atoms with van der Waals surface area (Å²) in [7, 11) is 0. The van der Waals surface area contributed by atoms with Gasteiger partial charge >= 0.3 is 0 Å². The third kappa shape index (κ3) is 2.88. The molecule has 0 spiro atoms. The number of hydrogen-bond acceptors (Lipinski definition) is 5. The molecule has 1 aromatic carbocycles. The number of nitrogen functional groups attached to an aromatic ring is 1. The fourth-order valence-electron chi connectivity index (χ4n) is 2.88. The second-order valence-corrected chi connectivity index (χ2v) is 6.12. The summed E-state index contributed by atoms with van der Waals surface area (Å²) in [6.07, 6.45) is 3.02. The molecule has 0 radical (unpaired) electrons. The number of amides is 1. The molecule has 3 N–H and O–H groups in total. The first-order chi connectivity index (χ1) is 12.9. The second kappa shape index (κ2) is 6.20. The van der Waals surface area contributed by atoms with Gasteiger partial charge in [-0.15, -0.1) is 0 Å². The van der Waals surface area contributed by atoms with Crippen LogP contribution in [0.25, 0.3) is 11.3 Å². The summed E-state index contributed by atoms with van der Waals surface area (Å²) in [6.45, 7) is 3.54. The maximum absolute atomic E-state index is 14.4. The molecule has 0 saturated carbocycles. The number of benzene rings is 1. The zero-order chi connectivity index (χ0) is 19.1. The maximum atomic E-state index is 14.4. The van der Waals surface area contributed by atoms with Gasteiger partial charge in [-0.1, -0.05) is 12.1 Å². The highest BCUT2D eigenvalue weighted by Crippen LogP contribution is 2.23. The summed E-state index contributed by atoms with van der Waals surface area (Å²) in [6, 6.07) is 8.00. The van der Waals surface area contributed by atoms with Crippen LogP contribution in [0.3, 0.4) is 0 Å². The Kier molecular flexibility index (Phi) is 3.84. The molecule has 0 atom stereocenters. The SMILES string of the molecule is Cc1cc(NC(=O)c2cnn3ccc(N)nc23)n(-c2c(C)cccc2F)n1. The quantitative estimate of drug-likeness (QED) is 0.581. The van der Waals surface area contributed by atoms with E-state index in [1.807, 2.05) is 0 Å². The predicted octanol–water partition coefficient (Wildman–Crippen LogP) is 2.51. The van der Waals surface area contributed by atoms with Crippen LogP contribution in [-0.2, 0) is 0 Å². The van der Waals surface area contributed by atoms with Crippen LogP contribution >= 0.6 is 0 Å². The van der Waals surface area contributed by atoms with Crippen molar-refractivity contribution in [2.45, 2.75) is 13.8 Å². The zero-order valence-corrected chi connectivity index (χ0v) is 14.6. The van der Waals surface area contributed by atoms with Crippen molar-refractivity contribution in [3.8, 4) is 5.69 Å². The van der Waals surface area contributed by atoms with Crippen molar-refractivity contribution < 1.29 is 9.18 Å². The van der Waals surface area contributed by atoms with Gasteiger partial charge in [0.2, 0.25) is 0 Å². The Labute approximate surface area is 153 Å². The van der Waals surface area contributed by atoms with Crippen LogP contribution < -0.4 is 11.1 Å². The van der Waals surface area contributed by atoms with Gasteiger partial charge < -0.3 is 11.1 Å². The Balaban J connectivity index is 1.75. The highest BCUT2D eigenvalue weighted by molar-refractivity contribution is 6.08. The van der Waals surface area contributed by atoms with Crippen molar-refractivity contribution >= 4 is 23.2 Å². The van der Waals surface area contributed by atoms with Crippen molar-refractivity contribution in [2.75, 3.05) is 11.1 Å². The van der Waals surface area contributed by atoms with Gasteiger partial charge in [-0.25, -0.2) is 18.6 Å². The monoisotopic (exact) mass is 365 g/mol. The molecular weight excluding hydrogens is 349 g/mol. The molecule has 0 aliphatic rings. The molecule has 0 fully saturated rings. The Morgan fingerprint density at radius 3 is 2.85 bits per heavy atom. The minimum Gasteiger partial charge on any atom is -0.384 e. The topological polar surface area (TPSA) is 103 Å². The zero-order valence-electron chi connectivity index (χ0n) is 14.6. The smallest absolute Gasteiger partial charge is 0.262 e. The van der Waals surface area contributed by atoms with Crippen molar-refractivity contribution in [2.24, 2.45) is 0 Å². The number of fused-ring (bicyclic) bond motifs is 1. The molecular formula is C18H16FN7O. The van der Waals surface area contributed by atoms with E-state index >= 15 is 0 Å². The lowest BCUT2D eigenvalue weighted by atomic mass is 10.2. The number of carbonyl (C=O) groups excluding carboxylic acids is 1. The van der Waals surface area contributed by atoms with Gasteiger partial charge in [0.05, 0.1) is 11.9 Å². The number of para-hydroxylation sites is 1. The summed E-state index contributed by atoms with van der Waals surface area (Å²) in [5.74, 6) is -0.258. The lowest BCUT2D eigenvalue weighted by Gasteiger charge is -2.11. The minimum atomic E-state index is -0.446. The lowest BCUT2D eigenvalue weighted by Crippen LogP contribution is -2.16. The van der Waals surface area contributed by atoms with Crippen molar-refractivity contribution in [3.63, 3.8) is 0 Å². The Hall–Kier alpha value is -3.75. The van der Waals surface area contributed by atoms with E-state index < -0.39 is 11.7 Å². The van der Waals surface area contributed by atoms with E-state index in [4.69, 9.17) is 5.73 Å². The molecule has 0 aliphatic heterocycles. The van der Waals surface area contributed by atoms with Crippen LogP contribution in [0.1, 0.15) is 21.6 Å². The summed E-state index contributed by atoms with van der Waals surface area (Å²) in [5.41, 5.74) is 7.89. The van der Waals surface area contributed by atoms with Gasteiger partial charge in [-0.2, -0.15) is 10.2 Å². The largest absolute Gasteiger partial charge is 0.384 e. The first kappa shape index (κ1) is 16.7. The number of nitrogens with zero attached hydrogens (tertiary/aromatic N) is 5.